The number of hydrogen-bond acceptors (Lipinski definition) is 4. The second kappa shape index (κ2) is 8.02. The first kappa shape index (κ1) is 17.3. The number of imidazole rings is 1. The van der Waals surface area contributed by atoms with Crippen molar-refractivity contribution in [1.82, 2.24) is 19.8 Å². The van der Waals surface area contributed by atoms with Gasteiger partial charge in [0.2, 0.25) is 5.91 Å². The van der Waals surface area contributed by atoms with Crippen LogP contribution in [0.1, 0.15) is 30.8 Å². The molecule has 0 radical (unpaired) electrons. The molecule has 0 unspecified atom stereocenters. The average Bonchev–Trinajstić information content (AvgIpc) is 2.98. The van der Waals surface area contributed by atoms with Gasteiger partial charge in [-0.2, -0.15) is 0 Å². The van der Waals surface area contributed by atoms with Crippen LogP contribution in [0.5, 0.6) is 0 Å². The SMILES string of the molecule is O=C(CC1CCN(CC(F)F)CC1)NCc1cnc2n1CCOC2. The summed E-state index contributed by atoms with van der Waals surface area (Å²) >= 11 is 0. The van der Waals surface area contributed by atoms with Gasteiger partial charge in [-0.15, -0.1) is 0 Å². The molecule has 3 heterocycles. The maximum absolute atomic E-state index is 12.4. The number of aromatic nitrogens is 2. The van der Waals surface area contributed by atoms with Crippen LogP contribution in [-0.2, 0) is 29.2 Å². The normalized spacial score (nSPS) is 19.5. The minimum atomic E-state index is -2.28. The fourth-order valence-corrected chi connectivity index (χ4v) is 3.39. The largest absolute Gasteiger partial charge is 0.372 e. The number of alkyl halides is 2. The molecule has 2 aliphatic heterocycles. The third-order valence-electron chi connectivity index (χ3n) is 4.76. The standard InChI is InChI=1S/C16H24F2N4O2/c17-14(18)10-21-3-1-12(2-4-21)7-16(23)20-9-13-8-19-15-11-24-6-5-22(13)15/h8,12,14H,1-7,9-11H2,(H,20,23). The van der Waals surface area contributed by atoms with Crippen LogP contribution in [0.2, 0.25) is 0 Å². The number of carbonyl (C=O) groups is 1. The lowest BCUT2D eigenvalue weighted by atomic mass is 9.93. The van der Waals surface area contributed by atoms with Gasteiger partial charge in [-0.05, 0) is 31.8 Å². The van der Waals surface area contributed by atoms with Crippen LogP contribution in [0.3, 0.4) is 0 Å². The van der Waals surface area contributed by atoms with Crippen molar-refractivity contribution in [2.75, 3.05) is 26.2 Å². The lowest BCUT2D eigenvalue weighted by molar-refractivity contribution is -0.122. The molecule has 1 N–H and O–H groups in total. The highest BCUT2D eigenvalue weighted by atomic mass is 19.3. The maximum Gasteiger partial charge on any atom is 0.251 e. The monoisotopic (exact) mass is 342 g/mol. The molecule has 0 saturated carbocycles. The van der Waals surface area contributed by atoms with E-state index in [1.807, 2.05) is 0 Å². The van der Waals surface area contributed by atoms with Crippen molar-refractivity contribution in [3.05, 3.63) is 17.7 Å². The summed E-state index contributed by atoms with van der Waals surface area (Å²) in [5.41, 5.74) is 0.994. The maximum atomic E-state index is 12.4. The van der Waals surface area contributed by atoms with Crippen molar-refractivity contribution >= 4 is 5.91 Å². The van der Waals surface area contributed by atoms with E-state index >= 15 is 0 Å². The molecule has 1 fully saturated rings. The van der Waals surface area contributed by atoms with Crippen LogP contribution in [0.25, 0.3) is 0 Å². The summed E-state index contributed by atoms with van der Waals surface area (Å²) in [5.74, 6) is 1.20. The molecule has 8 heteroatoms. The first-order chi connectivity index (χ1) is 11.6. The van der Waals surface area contributed by atoms with Crippen LogP contribution in [0.4, 0.5) is 8.78 Å². The third kappa shape index (κ3) is 4.51. The summed E-state index contributed by atoms with van der Waals surface area (Å²) in [4.78, 5) is 18.2. The number of likely N-dealkylation sites (tertiary alicyclic amines) is 1. The van der Waals surface area contributed by atoms with E-state index in [9.17, 15) is 13.6 Å². The van der Waals surface area contributed by atoms with Crippen molar-refractivity contribution in [3.8, 4) is 0 Å². The molecule has 3 rings (SSSR count). The molecule has 1 saturated heterocycles. The van der Waals surface area contributed by atoms with Gasteiger partial charge in [-0.1, -0.05) is 0 Å². The summed E-state index contributed by atoms with van der Waals surface area (Å²) in [6, 6.07) is 0. The molecule has 0 spiro atoms. The molecule has 0 aromatic carbocycles. The zero-order chi connectivity index (χ0) is 16.9. The Bertz CT molecular complexity index is 556. The lowest BCUT2D eigenvalue weighted by Gasteiger charge is -2.31. The minimum absolute atomic E-state index is 0.0184. The van der Waals surface area contributed by atoms with E-state index in [2.05, 4.69) is 14.9 Å². The van der Waals surface area contributed by atoms with Gasteiger partial charge >= 0.3 is 0 Å². The minimum Gasteiger partial charge on any atom is -0.372 e. The molecule has 24 heavy (non-hydrogen) atoms. The van der Waals surface area contributed by atoms with Gasteiger partial charge in [-0.25, -0.2) is 13.8 Å². The first-order valence-corrected chi connectivity index (χ1v) is 8.50. The highest BCUT2D eigenvalue weighted by molar-refractivity contribution is 5.76. The smallest absolute Gasteiger partial charge is 0.251 e. The summed E-state index contributed by atoms with van der Waals surface area (Å²) < 4.78 is 32.2. The Morgan fingerprint density at radius 3 is 2.92 bits per heavy atom. The summed E-state index contributed by atoms with van der Waals surface area (Å²) in [6.45, 7) is 3.57. The quantitative estimate of drug-likeness (QED) is 0.849. The topological polar surface area (TPSA) is 59.4 Å². The van der Waals surface area contributed by atoms with Gasteiger partial charge in [0.15, 0.2) is 0 Å². The molecule has 134 valence electrons. The Balaban J connectivity index is 1.40. The number of halogens is 2. The van der Waals surface area contributed by atoms with Crippen molar-refractivity contribution in [3.63, 3.8) is 0 Å². The zero-order valence-corrected chi connectivity index (χ0v) is 13.7. The van der Waals surface area contributed by atoms with E-state index in [0.29, 0.717) is 39.3 Å². The number of hydrogen-bond donors (Lipinski definition) is 1. The highest BCUT2D eigenvalue weighted by Gasteiger charge is 2.23. The van der Waals surface area contributed by atoms with Crippen LogP contribution < -0.4 is 5.32 Å². The molecule has 1 amide bonds. The van der Waals surface area contributed by atoms with E-state index in [4.69, 9.17) is 4.74 Å². The lowest BCUT2D eigenvalue weighted by Crippen LogP contribution is -2.38. The molecular weight excluding hydrogens is 318 g/mol. The first-order valence-electron chi connectivity index (χ1n) is 8.50. The van der Waals surface area contributed by atoms with Crippen LogP contribution >= 0.6 is 0 Å². The number of amides is 1. The van der Waals surface area contributed by atoms with Gasteiger partial charge in [0, 0.05) is 13.0 Å². The van der Waals surface area contributed by atoms with Crippen LogP contribution in [0.15, 0.2) is 6.20 Å². The van der Waals surface area contributed by atoms with Gasteiger partial charge in [0.05, 0.1) is 31.6 Å². The fourth-order valence-electron chi connectivity index (χ4n) is 3.39. The molecule has 1 aromatic heterocycles. The predicted molar refractivity (Wildman–Crippen MR) is 83.5 cm³/mol. The molecule has 1 aromatic rings. The Hall–Kier alpha value is -1.54. The number of carbonyl (C=O) groups excluding carboxylic acids is 1. The molecule has 6 nitrogen and oxygen atoms in total. The molecule has 2 aliphatic rings. The van der Waals surface area contributed by atoms with Gasteiger partial charge in [-0.3, -0.25) is 9.69 Å². The Morgan fingerprint density at radius 1 is 1.38 bits per heavy atom. The van der Waals surface area contributed by atoms with Crippen LogP contribution in [0, 0.1) is 5.92 Å². The second-order valence-corrected chi connectivity index (χ2v) is 6.49. The number of rotatable bonds is 6. The second-order valence-electron chi connectivity index (χ2n) is 6.49. The zero-order valence-electron chi connectivity index (χ0n) is 13.7. The number of nitrogens with one attached hydrogen (secondary N) is 1. The Morgan fingerprint density at radius 2 is 2.17 bits per heavy atom. The highest BCUT2D eigenvalue weighted by Crippen LogP contribution is 2.21. The number of fused-ring (bicyclic) bond motifs is 1. The molecule has 0 atom stereocenters. The van der Waals surface area contributed by atoms with Crippen LogP contribution in [-0.4, -0.2) is 53.0 Å². The van der Waals surface area contributed by atoms with E-state index in [0.717, 1.165) is 30.9 Å². The number of nitrogens with zero attached hydrogens (tertiary/aromatic N) is 3. The van der Waals surface area contributed by atoms with E-state index < -0.39 is 6.43 Å². The Kier molecular flexibility index (Phi) is 5.78. The summed E-state index contributed by atoms with van der Waals surface area (Å²) in [6.07, 6.45) is 1.58. The Labute approximate surface area is 140 Å². The number of ether oxygens (including phenoxy) is 1. The van der Waals surface area contributed by atoms with Crippen molar-refractivity contribution in [2.45, 2.75) is 45.4 Å². The fraction of sp³-hybridized carbons (Fsp3) is 0.750. The van der Waals surface area contributed by atoms with Crippen molar-refractivity contribution < 1.29 is 18.3 Å². The summed E-state index contributed by atoms with van der Waals surface area (Å²) in [7, 11) is 0. The van der Waals surface area contributed by atoms with Gasteiger partial charge in [0.1, 0.15) is 12.4 Å². The predicted octanol–water partition coefficient (Wildman–Crippen LogP) is 1.40. The third-order valence-corrected chi connectivity index (χ3v) is 4.76. The van der Waals surface area contributed by atoms with E-state index in [-0.39, 0.29) is 18.4 Å². The van der Waals surface area contributed by atoms with Crippen molar-refractivity contribution in [1.29, 1.82) is 0 Å². The molecule has 0 bridgehead atoms. The molecule has 0 aliphatic carbocycles. The van der Waals surface area contributed by atoms with Crippen molar-refractivity contribution in [2.24, 2.45) is 5.92 Å². The van der Waals surface area contributed by atoms with Gasteiger partial charge < -0.3 is 14.6 Å². The van der Waals surface area contributed by atoms with E-state index in [1.54, 1.807) is 11.1 Å². The van der Waals surface area contributed by atoms with E-state index in [1.165, 1.54) is 0 Å². The summed E-state index contributed by atoms with van der Waals surface area (Å²) in [5, 5.41) is 2.95. The van der Waals surface area contributed by atoms with Gasteiger partial charge in [0.25, 0.3) is 6.43 Å². The average molecular weight is 342 g/mol. The number of piperidine rings is 1. The molecular formula is C16H24F2N4O2.